The summed E-state index contributed by atoms with van der Waals surface area (Å²) < 4.78 is 44.7. The number of hydrogen-bond donors (Lipinski definition) is 2. The maximum atomic E-state index is 13.0. The summed E-state index contributed by atoms with van der Waals surface area (Å²) >= 11 is 6.53. The number of aromatic nitrogens is 2. The molecule has 2 aromatic carbocycles. The van der Waals surface area contributed by atoms with Crippen molar-refractivity contribution in [3.05, 3.63) is 71.0 Å². The maximum absolute atomic E-state index is 13.0. The fourth-order valence-electron chi connectivity index (χ4n) is 3.63. The highest BCUT2D eigenvalue weighted by molar-refractivity contribution is 6.40. The van der Waals surface area contributed by atoms with E-state index in [1.165, 1.54) is 6.07 Å². The number of nitrogens with one attached hydrogen (secondary N) is 1. The van der Waals surface area contributed by atoms with Crippen molar-refractivity contribution in [2.45, 2.75) is 26.1 Å². The number of primary amides is 1. The van der Waals surface area contributed by atoms with Gasteiger partial charge in [-0.3, -0.25) is 9.78 Å². The topological polar surface area (TPSA) is 81.0 Å². The molecule has 0 bridgehead atoms. The number of nitrogens with two attached hydrogens (primary N) is 1. The molecule has 0 aliphatic heterocycles. The van der Waals surface area contributed by atoms with Gasteiger partial charge in [0, 0.05) is 28.2 Å². The van der Waals surface area contributed by atoms with Crippen LogP contribution in [0.3, 0.4) is 0 Å². The van der Waals surface area contributed by atoms with E-state index in [0.717, 1.165) is 12.3 Å². The van der Waals surface area contributed by atoms with Crippen molar-refractivity contribution >= 4 is 28.4 Å². The lowest BCUT2D eigenvalue weighted by Crippen LogP contribution is -2.11. The van der Waals surface area contributed by atoms with Gasteiger partial charge in [-0.2, -0.15) is 13.2 Å². The van der Waals surface area contributed by atoms with Crippen LogP contribution in [-0.2, 0) is 6.18 Å². The molecular weight excluding hydrogens is 455 g/mol. The molecule has 2 heterocycles. The predicted octanol–water partition coefficient (Wildman–Crippen LogP) is 6.46. The average Bonchev–Trinajstić information content (AvgIpc) is 3.10. The SMILES string of the molecule is CC(C)Oc1ccc(-c2c(-c3ccc(C(F)(F)F)cn3)ccc3[nH]c(C(N)=O)c(Cl)c23)cc1. The smallest absolute Gasteiger partial charge is 0.417 e. The molecule has 0 aliphatic carbocycles. The summed E-state index contributed by atoms with van der Waals surface area (Å²) in [6.45, 7) is 3.82. The zero-order valence-electron chi connectivity index (χ0n) is 17.6. The van der Waals surface area contributed by atoms with Gasteiger partial charge in [-0.05, 0) is 49.7 Å². The van der Waals surface area contributed by atoms with Crippen LogP contribution in [0.5, 0.6) is 5.75 Å². The molecule has 3 N–H and O–H groups in total. The zero-order valence-corrected chi connectivity index (χ0v) is 18.4. The lowest BCUT2D eigenvalue weighted by Gasteiger charge is -2.14. The first-order valence-electron chi connectivity index (χ1n) is 10.0. The lowest BCUT2D eigenvalue weighted by atomic mass is 9.93. The third kappa shape index (κ3) is 4.39. The minimum atomic E-state index is -4.50. The Labute approximate surface area is 192 Å². The fourth-order valence-corrected chi connectivity index (χ4v) is 3.96. The highest BCUT2D eigenvalue weighted by Gasteiger charge is 2.31. The zero-order chi connectivity index (χ0) is 23.9. The van der Waals surface area contributed by atoms with Crippen molar-refractivity contribution in [1.29, 1.82) is 0 Å². The highest BCUT2D eigenvalue weighted by atomic mass is 35.5. The monoisotopic (exact) mass is 473 g/mol. The van der Waals surface area contributed by atoms with Crippen LogP contribution >= 0.6 is 11.6 Å². The Hall–Kier alpha value is -3.52. The van der Waals surface area contributed by atoms with Gasteiger partial charge in [0.05, 0.1) is 22.4 Å². The number of hydrogen-bond acceptors (Lipinski definition) is 3. The van der Waals surface area contributed by atoms with E-state index in [2.05, 4.69) is 9.97 Å². The number of amides is 1. The minimum Gasteiger partial charge on any atom is -0.491 e. The molecule has 9 heteroatoms. The van der Waals surface area contributed by atoms with Crippen LogP contribution in [0.15, 0.2) is 54.7 Å². The summed E-state index contributed by atoms with van der Waals surface area (Å²) in [5.74, 6) is -0.0647. The molecule has 0 spiro atoms. The molecular formula is C24H19ClF3N3O2. The number of fused-ring (bicyclic) bond motifs is 1. The Morgan fingerprint density at radius 3 is 2.33 bits per heavy atom. The molecule has 0 saturated carbocycles. The standard InChI is InChI=1S/C24H19ClF3N3O2/c1-12(2)33-15-6-3-13(4-7-15)19-16(17-9-5-14(11-30-17)24(26,27)28)8-10-18-20(19)21(25)22(31-18)23(29)32/h3-12,31H,1-2H3,(H2,29,32). The first-order chi connectivity index (χ1) is 15.6. The van der Waals surface area contributed by atoms with E-state index in [1.54, 1.807) is 24.3 Å². The average molecular weight is 474 g/mol. The van der Waals surface area contributed by atoms with Gasteiger partial charge in [-0.1, -0.05) is 29.8 Å². The number of H-pyrrole nitrogens is 1. The van der Waals surface area contributed by atoms with Crippen molar-refractivity contribution in [3.8, 4) is 28.1 Å². The molecule has 0 unspecified atom stereocenters. The van der Waals surface area contributed by atoms with E-state index in [1.807, 2.05) is 26.0 Å². The predicted molar refractivity (Wildman–Crippen MR) is 121 cm³/mol. The van der Waals surface area contributed by atoms with Gasteiger partial charge in [-0.25, -0.2) is 0 Å². The molecule has 4 rings (SSSR count). The molecule has 33 heavy (non-hydrogen) atoms. The maximum Gasteiger partial charge on any atom is 0.417 e. The molecule has 0 saturated heterocycles. The summed E-state index contributed by atoms with van der Waals surface area (Å²) in [6.07, 6.45) is -3.72. The second-order valence-corrected chi connectivity index (χ2v) is 8.09. The Balaban J connectivity index is 1.95. The Bertz CT molecular complexity index is 1330. The third-order valence-electron chi connectivity index (χ3n) is 5.03. The van der Waals surface area contributed by atoms with E-state index in [0.29, 0.717) is 39.0 Å². The van der Waals surface area contributed by atoms with Crippen LogP contribution in [0.1, 0.15) is 29.9 Å². The van der Waals surface area contributed by atoms with Gasteiger partial charge >= 0.3 is 6.18 Å². The first kappa shape index (κ1) is 22.7. The number of alkyl halides is 3. The van der Waals surface area contributed by atoms with E-state index in [9.17, 15) is 18.0 Å². The minimum absolute atomic E-state index is 0.0107. The summed E-state index contributed by atoms with van der Waals surface area (Å²) in [4.78, 5) is 18.8. The Morgan fingerprint density at radius 2 is 1.79 bits per heavy atom. The summed E-state index contributed by atoms with van der Waals surface area (Å²) in [6, 6.07) is 12.9. The molecule has 170 valence electrons. The summed E-state index contributed by atoms with van der Waals surface area (Å²) in [5.41, 5.74) is 7.39. The first-order valence-corrected chi connectivity index (χ1v) is 10.4. The molecule has 0 radical (unpaired) electrons. The molecule has 2 aromatic heterocycles. The summed E-state index contributed by atoms with van der Waals surface area (Å²) in [7, 11) is 0. The largest absolute Gasteiger partial charge is 0.491 e. The normalized spacial score (nSPS) is 11.8. The highest BCUT2D eigenvalue weighted by Crippen LogP contribution is 2.42. The number of ether oxygens (including phenoxy) is 1. The Morgan fingerprint density at radius 1 is 1.09 bits per heavy atom. The van der Waals surface area contributed by atoms with E-state index < -0.39 is 17.6 Å². The molecule has 0 fully saturated rings. The number of halogens is 4. The van der Waals surface area contributed by atoms with Crippen LogP contribution < -0.4 is 10.5 Å². The number of benzene rings is 2. The number of nitrogens with zero attached hydrogens (tertiary/aromatic N) is 1. The van der Waals surface area contributed by atoms with Crippen LogP contribution in [-0.4, -0.2) is 22.0 Å². The van der Waals surface area contributed by atoms with E-state index in [-0.39, 0.29) is 16.8 Å². The van der Waals surface area contributed by atoms with Gasteiger partial charge in [0.25, 0.3) is 5.91 Å². The van der Waals surface area contributed by atoms with Gasteiger partial charge in [0.2, 0.25) is 0 Å². The number of rotatable bonds is 5. The second-order valence-electron chi connectivity index (χ2n) is 7.71. The van der Waals surface area contributed by atoms with Gasteiger partial charge in [0.15, 0.2) is 0 Å². The van der Waals surface area contributed by atoms with Crippen LogP contribution in [0.2, 0.25) is 5.02 Å². The van der Waals surface area contributed by atoms with Gasteiger partial charge < -0.3 is 15.5 Å². The van der Waals surface area contributed by atoms with Gasteiger partial charge in [-0.15, -0.1) is 0 Å². The number of aromatic amines is 1. The third-order valence-corrected chi connectivity index (χ3v) is 5.41. The molecule has 5 nitrogen and oxygen atoms in total. The van der Waals surface area contributed by atoms with Crippen molar-refractivity contribution in [1.82, 2.24) is 9.97 Å². The second kappa shape index (κ2) is 8.44. The summed E-state index contributed by atoms with van der Waals surface area (Å²) in [5, 5.41) is 0.644. The molecule has 4 aromatic rings. The Kier molecular flexibility index (Phi) is 5.80. The molecule has 0 atom stereocenters. The number of pyridine rings is 1. The quantitative estimate of drug-likeness (QED) is 0.349. The van der Waals surface area contributed by atoms with Crippen molar-refractivity contribution in [2.75, 3.05) is 0 Å². The van der Waals surface area contributed by atoms with Crippen LogP contribution in [0.25, 0.3) is 33.3 Å². The van der Waals surface area contributed by atoms with E-state index in [4.69, 9.17) is 22.1 Å². The van der Waals surface area contributed by atoms with E-state index >= 15 is 0 Å². The number of carbonyl (C=O) groups excluding carboxylic acids is 1. The van der Waals surface area contributed by atoms with Crippen molar-refractivity contribution in [3.63, 3.8) is 0 Å². The van der Waals surface area contributed by atoms with Crippen LogP contribution in [0.4, 0.5) is 13.2 Å². The number of carbonyl (C=O) groups is 1. The molecule has 1 amide bonds. The van der Waals surface area contributed by atoms with Crippen molar-refractivity contribution in [2.24, 2.45) is 5.73 Å². The fraction of sp³-hybridized carbons (Fsp3) is 0.167. The van der Waals surface area contributed by atoms with Gasteiger partial charge in [0.1, 0.15) is 11.4 Å². The van der Waals surface area contributed by atoms with Crippen LogP contribution in [0, 0.1) is 0 Å². The lowest BCUT2D eigenvalue weighted by molar-refractivity contribution is -0.137. The van der Waals surface area contributed by atoms with Crippen molar-refractivity contribution < 1.29 is 22.7 Å². The molecule has 0 aliphatic rings.